The third-order valence-corrected chi connectivity index (χ3v) is 15.9. The highest BCUT2D eigenvalue weighted by atomic mass is 16.6. The highest BCUT2D eigenvalue weighted by Crippen LogP contribution is 2.18. The molecule has 0 aliphatic carbocycles. The second kappa shape index (κ2) is 67.1. The Morgan fingerprint density at radius 3 is 0.718 bits per heavy atom. The third kappa shape index (κ3) is 64.5. The van der Waals surface area contributed by atoms with Gasteiger partial charge in [-0.2, -0.15) is 0 Å². The van der Waals surface area contributed by atoms with E-state index in [0.29, 0.717) is 19.3 Å². The number of rotatable bonds is 65. The lowest BCUT2D eigenvalue weighted by molar-refractivity contribution is -0.167. The first-order valence-electron chi connectivity index (χ1n) is 35.0. The summed E-state index contributed by atoms with van der Waals surface area (Å²) in [7, 11) is 0. The van der Waals surface area contributed by atoms with E-state index in [1.54, 1.807) is 0 Å². The molecule has 0 amide bonds. The van der Waals surface area contributed by atoms with E-state index in [9.17, 15) is 14.4 Å². The van der Waals surface area contributed by atoms with Crippen molar-refractivity contribution in [2.24, 2.45) is 0 Å². The molecule has 0 radical (unpaired) electrons. The fraction of sp³-hybridized carbons (Fsp3) is 0.875. The molecule has 78 heavy (non-hydrogen) atoms. The molecule has 0 bridgehead atoms. The topological polar surface area (TPSA) is 78.9 Å². The number of allylic oxidation sites excluding steroid dienone is 6. The number of carbonyl (C=O) groups is 3. The van der Waals surface area contributed by atoms with Crippen LogP contribution in [0.2, 0.25) is 0 Å². The van der Waals surface area contributed by atoms with Crippen molar-refractivity contribution in [2.75, 3.05) is 13.2 Å². The molecule has 0 saturated heterocycles. The van der Waals surface area contributed by atoms with Crippen molar-refractivity contribution >= 4 is 17.9 Å². The Morgan fingerprint density at radius 2 is 0.462 bits per heavy atom. The zero-order valence-corrected chi connectivity index (χ0v) is 52.7. The van der Waals surface area contributed by atoms with E-state index in [4.69, 9.17) is 14.2 Å². The van der Waals surface area contributed by atoms with Gasteiger partial charge in [0.05, 0.1) is 0 Å². The van der Waals surface area contributed by atoms with Crippen molar-refractivity contribution in [1.29, 1.82) is 0 Å². The molecule has 458 valence electrons. The second-order valence-electron chi connectivity index (χ2n) is 23.8. The van der Waals surface area contributed by atoms with Gasteiger partial charge in [0.1, 0.15) is 13.2 Å². The number of carbonyl (C=O) groups excluding carboxylic acids is 3. The van der Waals surface area contributed by atoms with Crippen molar-refractivity contribution in [3.63, 3.8) is 0 Å². The Morgan fingerprint density at radius 1 is 0.256 bits per heavy atom. The first kappa shape index (κ1) is 75.6. The minimum atomic E-state index is -0.768. The van der Waals surface area contributed by atoms with Crippen molar-refractivity contribution in [3.05, 3.63) is 36.5 Å². The molecule has 6 nitrogen and oxygen atoms in total. The van der Waals surface area contributed by atoms with E-state index in [1.807, 2.05) is 0 Å². The molecule has 0 spiro atoms. The van der Waals surface area contributed by atoms with Crippen LogP contribution >= 0.6 is 0 Å². The average Bonchev–Trinajstić information content (AvgIpc) is 3.44. The minimum Gasteiger partial charge on any atom is -0.462 e. The Kier molecular flexibility index (Phi) is 65.1. The standard InChI is InChI=1S/C72H134O6/c1-4-7-10-13-16-19-21-23-25-27-29-31-33-34-35-36-37-38-40-41-43-45-47-49-51-53-56-59-62-65-71(74)77-68-69(67-76-70(73)64-61-58-55-18-15-12-9-6-3)78-72(75)66-63-60-57-54-52-50-48-46-44-42-39-32-30-28-26-24-22-20-17-14-11-8-5-2/h21,23,27-30,69H,4-20,22,24-26,31-68H2,1-3H3/b23-21-,29-27-,30-28-. The van der Waals surface area contributed by atoms with Crippen LogP contribution < -0.4 is 0 Å². The van der Waals surface area contributed by atoms with Gasteiger partial charge in [-0.05, 0) is 77.0 Å². The highest BCUT2D eigenvalue weighted by molar-refractivity contribution is 5.71. The molecule has 0 aliphatic heterocycles. The quantitative estimate of drug-likeness (QED) is 0.0261. The number of unbranched alkanes of at least 4 members (excludes halogenated alkanes) is 48. The lowest BCUT2D eigenvalue weighted by Crippen LogP contribution is -2.30. The second-order valence-corrected chi connectivity index (χ2v) is 23.8. The van der Waals surface area contributed by atoms with Gasteiger partial charge in [0.25, 0.3) is 0 Å². The number of hydrogen-bond acceptors (Lipinski definition) is 6. The molecule has 1 atom stereocenters. The van der Waals surface area contributed by atoms with Gasteiger partial charge in [0.2, 0.25) is 0 Å². The number of ether oxygens (including phenoxy) is 3. The Hall–Kier alpha value is -2.37. The summed E-state index contributed by atoms with van der Waals surface area (Å²) in [5.74, 6) is -0.847. The third-order valence-electron chi connectivity index (χ3n) is 15.9. The van der Waals surface area contributed by atoms with Crippen molar-refractivity contribution in [1.82, 2.24) is 0 Å². The summed E-state index contributed by atoms with van der Waals surface area (Å²) in [5.41, 5.74) is 0. The zero-order chi connectivity index (χ0) is 56.4. The van der Waals surface area contributed by atoms with Crippen LogP contribution in [0.15, 0.2) is 36.5 Å². The molecule has 0 aromatic heterocycles. The molecule has 0 heterocycles. The van der Waals surface area contributed by atoms with Crippen molar-refractivity contribution < 1.29 is 28.6 Å². The Balaban J connectivity index is 4.06. The first-order chi connectivity index (χ1) is 38.5. The monoisotopic (exact) mass is 1100 g/mol. The zero-order valence-electron chi connectivity index (χ0n) is 52.7. The summed E-state index contributed by atoms with van der Waals surface area (Å²) in [5, 5.41) is 0. The van der Waals surface area contributed by atoms with Crippen LogP contribution in [-0.2, 0) is 28.6 Å². The normalized spacial score (nSPS) is 12.2. The lowest BCUT2D eigenvalue weighted by atomic mass is 10.0. The largest absolute Gasteiger partial charge is 0.462 e. The van der Waals surface area contributed by atoms with Gasteiger partial charge in [0.15, 0.2) is 6.10 Å². The van der Waals surface area contributed by atoms with Gasteiger partial charge in [-0.1, -0.05) is 327 Å². The molecule has 0 rings (SSSR count). The molecular formula is C72H134O6. The van der Waals surface area contributed by atoms with Gasteiger partial charge >= 0.3 is 17.9 Å². The summed E-state index contributed by atoms with van der Waals surface area (Å²) < 4.78 is 16.9. The molecule has 0 fully saturated rings. The van der Waals surface area contributed by atoms with Gasteiger partial charge in [0, 0.05) is 19.3 Å². The maximum Gasteiger partial charge on any atom is 0.306 e. The van der Waals surface area contributed by atoms with Gasteiger partial charge in [-0.15, -0.1) is 0 Å². The van der Waals surface area contributed by atoms with Crippen molar-refractivity contribution in [3.8, 4) is 0 Å². The summed E-state index contributed by atoms with van der Waals surface area (Å²) >= 11 is 0. The van der Waals surface area contributed by atoms with E-state index < -0.39 is 6.10 Å². The molecule has 0 aliphatic rings. The predicted octanol–water partition coefficient (Wildman–Crippen LogP) is 23.9. The molecule has 0 saturated carbocycles. The molecule has 0 aromatic rings. The number of esters is 3. The van der Waals surface area contributed by atoms with Gasteiger partial charge in [-0.3, -0.25) is 14.4 Å². The maximum atomic E-state index is 12.9. The number of hydrogen-bond donors (Lipinski definition) is 0. The maximum absolute atomic E-state index is 12.9. The smallest absolute Gasteiger partial charge is 0.306 e. The van der Waals surface area contributed by atoms with Crippen LogP contribution in [0.1, 0.15) is 387 Å². The average molecular weight is 1100 g/mol. The van der Waals surface area contributed by atoms with E-state index in [1.165, 1.54) is 283 Å². The summed E-state index contributed by atoms with van der Waals surface area (Å²) in [6.07, 6.45) is 83.4. The molecule has 0 N–H and O–H groups in total. The minimum absolute atomic E-state index is 0.0671. The lowest BCUT2D eigenvalue weighted by Gasteiger charge is -2.18. The van der Waals surface area contributed by atoms with Crippen LogP contribution in [0.25, 0.3) is 0 Å². The summed E-state index contributed by atoms with van der Waals surface area (Å²) in [4.78, 5) is 38.2. The fourth-order valence-corrected chi connectivity index (χ4v) is 10.6. The van der Waals surface area contributed by atoms with E-state index in [-0.39, 0.29) is 31.1 Å². The molecule has 0 aromatic carbocycles. The van der Waals surface area contributed by atoms with Crippen LogP contribution in [0.5, 0.6) is 0 Å². The first-order valence-corrected chi connectivity index (χ1v) is 35.0. The van der Waals surface area contributed by atoms with Crippen LogP contribution in [0.3, 0.4) is 0 Å². The van der Waals surface area contributed by atoms with Crippen LogP contribution in [0, 0.1) is 0 Å². The Bertz CT molecular complexity index is 1300. The SMILES string of the molecule is CCCCCCC/C=C\C/C=C\CCCCCCCCCCCCCCCCCCCC(=O)OCC(COC(=O)CCCCCCCCCC)OC(=O)CCCCCCCCCCCCC/C=C\CCCCCCCCCC. The van der Waals surface area contributed by atoms with E-state index in [0.717, 1.165) is 64.2 Å². The molecular weight excluding hydrogens is 961 g/mol. The van der Waals surface area contributed by atoms with Gasteiger partial charge < -0.3 is 14.2 Å². The molecule has 1 unspecified atom stereocenters. The molecule has 6 heteroatoms. The summed E-state index contributed by atoms with van der Waals surface area (Å²) in [6, 6.07) is 0. The fourth-order valence-electron chi connectivity index (χ4n) is 10.6. The summed E-state index contributed by atoms with van der Waals surface area (Å²) in [6.45, 7) is 6.66. The van der Waals surface area contributed by atoms with Gasteiger partial charge in [-0.25, -0.2) is 0 Å². The van der Waals surface area contributed by atoms with Crippen molar-refractivity contribution in [2.45, 2.75) is 393 Å². The van der Waals surface area contributed by atoms with E-state index in [2.05, 4.69) is 57.2 Å². The predicted molar refractivity (Wildman–Crippen MR) is 339 cm³/mol. The van der Waals surface area contributed by atoms with Crippen LogP contribution in [0.4, 0.5) is 0 Å². The van der Waals surface area contributed by atoms with Crippen LogP contribution in [-0.4, -0.2) is 37.2 Å². The van der Waals surface area contributed by atoms with E-state index >= 15 is 0 Å². The highest BCUT2D eigenvalue weighted by Gasteiger charge is 2.19. The Labute approximate surface area is 486 Å².